The van der Waals surface area contributed by atoms with Crippen LogP contribution in [0.25, 0.3) is 0 Å². The number of amides is 1. The van der Waals surface area contributed by atoms with Crippen molar-refractivity contribution in [3.63, 3.8) is 0 Å². The molecule has 3 atom stereocenters. The van der Waals surface area contributed by atoms with Gasteiger partial charge in [0.15, 0.2) is 5.78 Å². The molecule has 4 heteroatoms. The summed E-state index contributed by atoms with van der Waals surface area (Å²) in [6.45, 7) is 7.17. The van der Waals surface area contributed by atoms with Gasteiger partial charge in [0.2, 0.25) is 0 Å². The predicted molar refractivity (Wildman–Crippen MR) is 72.9 cm³/mol. The molecule has 0 N–H and O–H groups in total. The lowest BCUT2D eigenvalue weighted by Gasteiger charge is -2.34. The molecular formula is C15H25NO3. The first-order valence-electron chi connectivity index (χ1n) is 7.31. The van der Waals surface area contributed by atoms with Crippen LogP contribution in [-0.2, 0) is 9.53 Å². The van der Waals surface area contributed by atoms with E-state index in [0.717, 1.165) is 25.7 Å². The van der Waals surface area contributed by atoms with Crippen LogP contribution in [0.15, 0.2) is 0 Å². The number of hydrogen-bond acceptors (Lipinski definition) is 3. The Balaban J connectivity index is 2.17. The maximum Gasteiger partial charge on any atom is 0.411 e. The molecule has 1 aliphatic carbocycles. The van der Waals surface area contributed by atoms with Crippen molar-refractivity contribution >= 4 is 11.9 Å². The predicted octanol–water partition coefficient (Wildman–Crippen LogP) is 3.14. The van der Waals surface area contributed by atoms with E-state index in [2.05, 4.69) is 0 Å². The molecule has 0 bridgehead atoms. The van der Waals surface area contributed by atoms with E-state index in [0.29, 0.717) is 5.92 Å². The smallest absolute Gasteiger partial charge is 0.411 e. The van der Waals surface area contributed by atoms with E-state index >= 15 is 0 Å². The zero-order valence-electron chi connectivity index (χ0n) is 12.4. The van der Waals surface area contributed by atoms with E-state index in [9.17, 15) is 9.59 Å². The van der Waals surface area contributed by atoms with Crippen molar-refractivity contribution in [2.75, 3.05) is 0 Å². The first kappa shape index (κ1) is 14.4. The Labute approximate surface area is 115 Å². The highest BCUT2D eigenvalue weighted by molar-refractivity contribution is 5.86. The fourth-order valence-electron chi connectivity index (χ4n) is 3.40. The van der Waals surface area contributed by atoms with E-state index in [-0.39, 0.29) is 24.0 Å². The van der Waals surface area contributed by atoms with Crippen LogP contribution in [0.3, 0.4) is 0 Å². The highest BCUT2D eigenvalue weighted by Gasteiger charge is 2.47. The monoisotopic (exact) mass is 267 g/mol. The molecule has 1 heterocycles. The summed E-state index contributed by atoms with van der Waals surface area (Å²) in [5.41, 5.74) is -0.509. The molecule has 2 rings (SSSR count). The number of carbonyl (C=O) groups excluding carboxylic acids is 2. The van der Waals surface area contributed by atoms with Gasteiger partial charge in [0, 0.05) is 6.04 Å². The second-order valence-corrected chi connectivity index (χ2v) is 6.86. The quantitative estimate of drug-likeness (QED) is 0.733. The van der Waals surface area contributed by atoms with Gasteiger partial charge in [-0.2, -0.15) is 0 Å². The van der Waals surface area contributed by atoms with Crippen LogP contribution >= 0.6 is 0 Å². The molecule has 1 unspecified atom stereocenters. The number of fused-ring (bicyclic) bond motifs is 1. The normalized spacial score (nSPS) is 30.9. The first-order chi connectivity index (χ1) is 8.79. The molecule has 2 aliphatic rings. The second-order valence-electron chi connectivity index (χ2n) is 6.86. The lowest BCUT2D eigenvalue weighted by molar-refractivity contribution is -0.121. The van der Waals surface area contributed by atoms with Crippen LogP contribution in [0.1, 0.15) is 59.8 Å². The van der Waals surface area contributed by atoms with Crippen molar-refractivity contribution in [3.05, 3.63) is 0 Å². The first-order valence-corrected chi connectivity index (χ1v) is 7.31. The van der Waals surface area contributed by atoms with Crippen molar-refractivity contribution in [1.29, 1.82) is 0 Å². The maximum absolute atomic E-state index is 12.4. The van der Waals surface area contributed by atoms with E-state index in [4.69, 9.17) is 4.74 Å². The molecule has 0 aromatic heterocycles. The molecule has 19 heavy (non-hydrogen) atoms. The van der Waals surface area contributed by atoms with Crippen molar-refractivity contribution in [1.82, 2.24) is 4.90 Å². The van der Waals surface area contributed by atoms with Gasteiger partial charge in [-0.25, -0.2) is 4.79 Å². The Hall–Kier alpha value is -1.06. The van der Waals surface area contributed by atoms with Gasteiger partial charge in [-0.1, -0.05) is 12.8 Å². The SMILES string of the molecule is CC(=O)C1C[C@H]2CCCC[C@H]2N1C(=O)OC(C)(C)C. The Morgan fingerprint density at radius 3 is 2.37 bits per heavy atom. The number of ether oxygens (including phenoxy) is 1. The minimum Gasteiger partial charge on any atom is -0.444 e. The number of likely N-dealkylation sites (tertiary alicyclic amines) is 1. The number of rotatable bonds is 1. The summed E-state index contributed by atoms with van der Waals surface area (Å²) in [4.78, 5) is 25.9. The van der Waals surface area contributed by atoms with Crippen molar-refractivity contribution in [3.8, 4) is 0 Å². The molecule has 2 fully saturated rings. The summed E-state index contributed by atoms with van der Waals surface area (Å²) in [7, 11) is 0. The fourth-order valence-corrected chi connectivity index (χ4v) is 3.40. The van der Waals surface area contributed by atoms with Gasteiger partial charge in [-0.05, 0) is 52.9 Å². The lowest BCUT2D eigenvalue weighted by Crippen LogP contribution is -2.47. The summed E-state index contributed by atoms with van der Waals surface area (Å²) in [5, 5.41) is 0. The van der Waals surface area contributed by atoms with Crippen LogP contribution in [0.2, 0.25) is 0 Å². The molecule has 1 amide bonds. The standard InChI is InChI=1S/C15H25NO3/c1-10(17)13-9-11-7-5-6-8-12(11)16(13)14(18)19-15(2,3)4/h11-13H,5-9H2,1-4H3/t11-,12-,13?/m1/s1. The van der Waals surface area contributed by atoms with Crippen LogP contribution in [0.5, 0.6) is 0 Å². The van der Waals surface area contributed by atoms with Crippen molar-refractivity contribution in [2.45, 2.75) is 77.5 Å². The van der Waals surface area contributed by atoms with Gasteiger partial charge in [0.25, 0.3) is 0 Å². The zero-order chi connectivity index (χ0) is 14.2. The van der Waals surface area contributed by atoms with Crippen LogP contribution < -0.4 is 0 Å². The van der Waals surface area contributed by atoms with E-state index in [1.807, 2.05) is 20.8 Å². The molecule has 1 aliphatic heterocycles. The largest absolute Gasteiger partial charge is 0.444 e. The minimum absolute atomic E-state index is 0.0836. The molecule has 1 saturated heterocycles. The maximum atomic E-state index is 12.4. The van der Waals surface area contributed by atoms with E-state index in [1.165, 1.54) is 6.42 Å². The van der Waals surface area contributed by atoms with E-state index < -0.39 is 5.60 Å². The van der Waals surface area contributed by atoms with Crippen molar-refractivity contribution in [2.24, 2.45) is 5.92 Å². The Morgan fingerprint density at radius 1 is 1.16 bits per heavy atom. The third-order valence-corrected chi connectivity index (χ3v) is 4.16. The Kier molecular flexibility index (Phi) is 3.88. The molecule has 0 radical (unpaired) electrons. The van der Waals surface area contributed by atoms with Gasteiger partial charge < -0.3 is 4.74 Å². The van der Waals surface area contributed by atoms with Crippen LogP contribution in [-0.4, -0.2) is 34.5 Å². The lowest BCUT2D eigenvalue weighted by atomic mass is 9.84. The summed E-state index contributed by atoms with van der Waals surface area (Å²) < 4.78 is 5.49. The average Bonchev–Trinajstić information content (AvgIpc) is 2.65. The zero-order valence-corrected chi connectivity index (χ0v) is 12.4. The Morgan fingerprint density at radius 2 is 1.79 bits per heavy atom. The molecule has 0 aromatic rings. The number of hydrogen-bond donors (Lipinski definition) is 0. The average molecular weight is 267 g/mol. The summed E-state index contributed by atoms with van der Waals surface area (Å²) in [6.07, 6.45) is 5.00. The highest BCUT2D eigenvalue weighted by Crippen LogP contribution is 2.40. The minimum atomic E-state index is -0.509. The summed E-state index contributed by atoms with van der Waals surface area (Å²) >= 11 is 0. The van der Waals surface area contributed by atoms with Crippen molar-refractivity contribution < 1.29 is 14.3 Å². The summed E-state index contributed by atoms with van der Waals surface area (Å²) in [6, 6.07) is -0.0690. The highest BCUT2D eigenvalue weighted by atomic mass is 16.6. The third-order valence-electron chi connectivity index (χ3n) is 4.16. The van der Waals surface area contributed by atoms with Gasteiger partial charge >= 0.3 is 6.09 Å². The molecule has 108 valence electrons. The molecule has 1 saturated carbocycles. The fraction of sp³-hybridized carbons (Fsp3) is 0.867. The molecule has 4 nitrogen and oxygen atoms in total. The second kappa shape index (κ2) is 5.14. The summed E-state index contributed by atoms with van der Waals surface area (Å²) in [5.74, 6) is 0.565. The number of nitrogens with zero attached hydrogens (tertiary/aromatic N) is 1. The molecule has 0 aromatic carbocycles. The Bertz CT molecular complexity index is 372. The van der Waals surface area contributed by atoms with Crippen LogP contribution in [0.4, 0.5) is 4.79 Å². The van der Waals surface area contributed by atoms with Crippen LogP contribution in [0, 0.1) is 5.92 Å². The number of carbonyl (C=O) groups is 2. The van der Waals surface area contributed by atoms with Gasteiger partial charge in [-0.3, -0.25) is 9.69 Å². The number of ketones is 1. The molecule has 0 spiro atoms. The number of Topliss-reactive ketones (excluding diaryl/α,β-unsaturated/α-hetero) is 1. The topological polar surface area (TPSA) is 46.6 Å². The van der Waals surface area contributed by atoms with E-state index in [1.54, 1.807) is 11.8 Å². The van der Waals surface area contributed by atoms with Gasteiger partial charge in [0.05, 0.1) is 6.04 Å². The third kappa shape index (κ3) is 3.10. The van der Waals surface area contributed by atoms with Gasteiger partial charge in [0.1, 0.15) is 5.60 Å². The van der Waals surface area contributed by atoms with Gasteiger partial charge in [-0.15, -0.1) is 0 Å². The molecular weight excluding hydrogens is 242 g/mol.